The van der Waals surface area contributed by atoms with Crippen LogP contribution >= 0.6 is 0 Å². The van der Waals surface area contributed by atoms with Crippen molar-refractivity contribution < 1.29 is 18.0 Å². The molecule has 9 heteroatoms. The number of anilines is 2. The van der Waals surface area contributed by atoms with E-state index in [1.165, 1.54) is 17.3 Å². The average Bonchev–Trinajstić information content (AvgIpc) is 2.69. The standard InChI is InChI=1S/C21H26N4O4S/c1-15-4-9-19(30(28,29)25-12-10-24(3)11-13-25)14-20(15)21(27)23-18-7-5-17(6-8-18)22-16(2)26/h4-9,14H,10-13H2,1-3H3,(H,22,26)(H,23,27). The predicted molar refractivity (Wildman–Crippen MR) is 116 cm³/mol. The lowest BCUT2D eigenvalue weighted by molar-refractivity contribution is -0.114. The second-order valence-electron chi connectivity index (χ2n) is 7.40. The van der Waals surface area contributed by atoms with Crippen molar-refractivity contribution in [2.45, 2.75) is 18.7 Å². The third kappa shape index (κ3) is 5.05. The van der Waals surface area contributed by atoms with Crippen LogP contribution in [0.15, 0.2) is 47.4 Å². The zero-order chi connectivity index (χ0) is 21.9. The number of hydrogen-bond acceptors (Lipinski definition) is 5. The number of benzene rings is 2. The van der Waals surface area contributed by atoms with Crippen LogP contribution in [0.4, 0.5) is 11.4 Å². The minimum absolute atomic E-state index is 0.115. The molecule has 2 N–H and O–H groups in total. The number of carbonyl (C=O) groups excluding carboxylic acids is 2. The summed E-state index contributed by atoms with van der Waals surface area (Å²) < 4.78 is 27.5. The summed E-state index contributed by atoms with van der Waals surface area (Å²) >= 11 is 0. The Morgan fingerprint density at radius 2 is 1.47 bits per heavy atom. The van der Waals surface area contributed by atoms with Gasteiger partial charge in [-0.2, -0.15) is 4.31 Å². The topological polar surface area (TPSA) is 98.8 Å². The Balaban J connectivity index is 1.79. The SMILES string of the molecule is CC(=O)Nc1ccc(NC(=O)c2cc(S(=O)(=O)N3CCN(C)CC3)ccc2C)cc1. The molecule has 0 saturated carbocycles. The maximum Gasteiger partial charge on any atom is 0.255 e. The first-order chi connectivity index (χ1) is 14.2. The molecule has 2 aromatic carbocycles. The molecule has 0 unspecified atom stereocenters. The number of likely N-dealkylation sites (N-methyl/N-ethyl adjacent to an activating group) is 1. The summed E-state index contributed by atoms with van der Waals surface area (Å²) in [7, 11) is -1.70. The number of aryl methyl sites for hydroxylation is 1. The molecule has 0 spiro atoms. The van der Waals surface area contributed by atoms with Crippen molar-refractivity contribution in [3.8, 4) is 0 Å². The van der Waals surface area contributed by atoms with E-state index in [1.807, 2.05) is 7.05 Å². The van der Waals surface area contributed by atoms with Crippen LogP contribution in [0.1, 0.15) is 22.8 Å². The van der Waals surface area contributed by atoms with Gasteiger partial charge in [-0.05, 0) is 55.9 Å². The molecular formula is C21H26N4O4S. The second kappa shape index (κ2) is 8.95. The molecule has 0 bridgehead atoms. The van der Waals surface area contributed by atoms with Crippen molar-refractivity contribution in [1.82, 2.24) is 9.21 Å². The Bertz CT molecular complexity index is 1040. The second-order valence-corrected chi connectivity index (χ2v) is 9.33. The van der Waals surface area contributed by atoms with Gasteiger partial charge in [-0.15, -0.1) is 0 Å². The molecular weight excluding hydrogens is 404 g/mol. The number of rotatable bonds is 5. The Hall–Kier alpha value is -2.75. The van der Waals surface area contributed by atoms with Crippen molar-refractivity contribution in [2.24, 2.45) is 0 Å². The Morgan fingerprint density at radius 3 is 2.03 bits per heavy atom. The highest BCUT2D eigenvalue weighted by molar-refractivity contribution is 7.89. The number of nitrogens with one attached hydrogen (secondary N) is 2. The number of nitrogens with zero attached hydrogens (tertiary/aromatic N) is 2. The van der Waals surface area contributed by atoms with Crippen LogP contribution in [0, 0.1) is 6.92 Å². The number of carbonyl (C=O) groups is 2. The van der Waals surface area contributed by atoms with E-state index in [4.69, 9.17) is 0 Å². The summed E-state index contributed by atoms with van der Waals surface area (Å²) in [5.41, 5.74) is 2.15. The Kier molecular flexibility index (Phi) is 6.55. The molecule has 2 amide bonds. The fourth-order valence-corrected chi connectivity index (χ4v) is 4.67. The summed E-state index contributed by atoms with van der Waals surface area (Å²) in [6.45, 7) is 5.38. The zero-order valence-corrected chi connectivity index (χ0v) is 18.1. The summed E-state index contributed by atoms with van der Waals surface area (Å²) in [6, 6.07) is 11.3. The van der Waals surface area contributed by atoms with Gasteiger partial charge >= 0.3 is 0 Å². The summed E-state index contributed by atoms with van der Waals surface area (Å²) in [6.07, 6.45) is 0. The molecule has 0 aromatic heterocycles. The van der Waals surface area contributed by atoms with Crippen molar-refractivity contribution >= 4 is 33.2 Å². The highest BCUT2D eigenvalue weighted by Gasteiger charge is 2.28. The smallest absolute Gasteiger partial charge is 0.255 e. The van der Waals surface area contributed by atoms with E-state index < -0.39 is 15.9 Å². The van der Waals surface area contributed by atoms with E-state index in [9.17, 15) is 18.0 Å². The van der Waals surface area contributed by atoms with Gasteiger partial charge in [0.15, 0.2) is 0 Å². The van der Waals surface area contributed by atoms with E-state index in [1.54, 1.807) is 43.3 Å². The van der Waals surface area contributed by atoms with Gasteiger partial charge in [-0.1, -0.05) is 6.07 Å². The molecule has 0 aliphatic carbocycles. The molecule has 3 rings (SSSR count). The quantitative estimate of drug-likeness (QED) is 0.757. The number of piperazine rings is 1. The minimum Gasteiger partial charge on any atom is -0.326 e. The largest absolute Gasteiger partial charge is 0.326 e. The lowest BCUT2D eigenvalue weighted by Crippen LogP contribution is -2.47. The monoisotopic (exact) mass is 430 g/mol. The van der Waals surface area contributed by atoms with Gasteiger partial charge in [0, 0.05) is 50.0 Å². The average molecular weight is 431 g/mol. The van der Waals surface area contributed by atoms with Crippen LogP contribution < -0.4 is 10.6 Å². The van der Waals surface area contributed by atoms with Crippen LogP contribution in [0.2, 0.25) is 0 Å². The first kappa shape index (κ1) is 21.9. The van der Waals surface area contributed by atoms with Crippen molar-refractivity contribution in [3.05, 3.63) is 53.6 Å². The van der Waals surface area contributed by atoms with E-state index in [0.717, 1.165) is 0 Å². The predicted octanol–water partition coefficient (Wildman–Crippen LogP) is 2.14. The van der Waals surface area contributed by atoms with Gasteiger partial charge in [0.2, 0.25) is 15.9 Å². The van der Waals surface area contributed by atoms with E-state index in [0.29, 0.717) is 48.7 Å². The van der Waals surface area contributed by atoms with Crippen LogP contribution in [-0.2, 0) is 14.8 Å². The van der Waals surface area contributed by atoms with Crippen LogP contribution in [-0.4, -0.2) is 62.7 Å². The third-order valence-corrected chi connectivity index (χ3v) is 6.91. The third-order valence-electron chi connectivity index (χ3n) is 5.02. The minimum atomic E-state index is -3.66. The highest BCUT2D eigenvalue weighted by atomic mass is 32.2. The first-order valence-electron chi connectivity index (χ1n) is 9.65. The Labute approximate surface area is 176 Å². The summed E-state index contributed by atoms with van der Waals surface area (Å²) in [4.78, 5) is 26.1. The first-order valence-corrected chi connectivity index (χ1v) is 11.1. The van der Waals surface area contributed by atoms with Gasteiger partial charge < -0.3 is 15.5 Å². The molecule has 1 saturated heterocycles. The fraction of sp³-hybridized carbons (Fsp3) is 0.333. The normalized spacial score (nSPS) is 15.6. The molecule has 1 fully saturated rings. The maximum absolute atomic E-state index is 13.0. The van der Waals surface area contributed by atoms with Crippen molar-refractivity contribution in [2.75, 3.05) is 43.9 Å². The molecule has 0 radical (unpaired) electrons. The maximum atomic E-state index is 13.0. The van der Waals surface area contributed by atoms with Gasteiger partial charge in [0.1, 0.15) is 0 Å². The van der Waals surface area contributed by atoms with Crippen molar-refractivity contribution in [3.63, 3.8) is 0 Å². The zero-order valence-electron chi connectivity index (χ0n) is 17.3. The number of amides is 2. The van der Waals surface area contributed by atoms with E-state index >= 15 is 0 Å². The van der Waals surface area contributed by atoms with Crippen LogP contribution in [0.5, 0.6) is 0 Å². The molecule has 1 heterocycles. The molecule has 30 heavy (non-hydrogen) atoms. The Morgan fingerprint density at radius 1 is 0.900 bits per heavy atom. The number of hydrogen-bond donors (Lipinski definition) is 2. The lowest BCUT2D eigenvalue weighted by Gasteiger charge is -2.31. The molecule has 1 aliphatic heterocycles. The van der Waals surface area contributed by atoms with E-state index in [-0.39, 0.29) is 10.8 Å². The molecule has 2 aromatic rings. The summed E-state index contributed by atoms with van der Waals surface area (Å²) in [5.74, 6) is -0.573. The fourth-order valence-electron chi connectivity index (χ4n) is 3.22. The molecule has 1 aliphatic rings. The molecule has 8 nitrogen and oxygen atoms in total. The molecule has 0 atom stereocenters. The highest BCUT2D eigenvalue weighted by Crippen LogP contribution is 2.22. The summed E-state index contributed by atoms with van der Waals surface area (Å²) in [5, 5.41) is 5.43. The van der Waals surface area contributed by atoms with Crippen LogP contribution in [0.3, 0.4) is 0 Å². The van der Waals surface area contributed by atoms with E-state index in [2.05, 4.69) is 15.5 Å². The van der Waals surface area contributed by atoms with Gasteiger partial charge in [0.05, 0.1) is 4.90 Å². The van der Waals surface area contributed by atoms with Crippen LogP contribution in [0.25, 0.3) is 0 Å². The van der Waals surface area contributed by atoms with Gasteiger partial charge in [-0.3, -0.25) is 9.59 Å². The van der Waals surface area contributed by atoms with Gasteiger partial charge in [-0.25, -0.2) is 8.42 Å². The van der Waals surface area contributed by atoms with Crippen molar-refractivity contribution in [1.29, 1.82) is 0 Å². The lowest BCUT2D eigenvalue weighted by atomic mass is 10.1. The van der Waals surface area contributed by atoms with Gasteiger partial charge in [0.25, 0.3) is 5.91 Å². The number of sulfonamides is 1. The molecule has 160 valence electrons.